The zero-order valence-electron chi connectivity index (χ0n) is 8.26. The molecule has 0 aliphatic heterocycles. The van der Waals surface area contributed by atoms with Crippen LogP contribution in [0.4, 0.5) is 10.1 Å². The molecule has 0 atom stereocenters. The quantitative estimate of drug-likeness (QED) is 0.571. The molecular formula is C12H8FNO2. The lowest BCUT2D eigenvalue weighted by Gasteiger charge is -2.02. The number of nitro groups is 1. The van der Waals surface area contributed by atoms with Crippen molar-refractivity contribution in [2.45, 2.75) is 0 Å². The third-order valence-corrected chi connectivity index (χ3v) is 2.24. The fourth-order valence-corrected chi connectivity index (χ4v) is 1.48. The van der Waals surface area contributed by atoms with Gasteiger partial charge in [0.25, 0.3) is 5.69 Å². The first kappa shape index (κ1) is 10.3. The summed E-state index contributed by atoms with van der Waals surface area (Å²) in [6.45, 7) is 0. The van der Waals surface area contributed by atoms with E-state index in [2.05, 4.69) is 0 Å². The molecule has 0 amide bonds. The Bertz CT molecular complexity index is 540. The van der Waals surface area contributed by atoms with Crippen LogP contribution >= 0.6 is 0 Å². The summed E-state index contributed by atoms with van der Waals surface area (Å²) in [6.07, 6.45) is 0. The number of nitrogens with zero attached hydrogens (tertiary/aromatic N) is 1. The minimum absolute atomic E-state index is 0.0410. The van der Waals surface area contributed by atoms with Crippen molar-refractivity contribution in [1.29, 1.82) is 0 Å². The number of hydrogen-bond donors (Lipinski definition) is 0. The summed E-state index contributed by atoms with van der Waals surface area (Å²) in [5.41, 5.74) is 0.833. The van der Waals surface area contributed by atoms with E-state index in [1.165, 1.54) is 18.2 Å². The molecule has 16 heavy (non-hydrogen) atoms. The molecule has 2 aromatic rings. The molecule has 0 spiro atoms. The van der Waals surface area contributed by atoms with Gasteiger partial charge in [-0.15, -0.1) is 0 Å². The Balaban J connectivity index is 2.53. The molecule has 3 nitrogen and oxygen atoms in total. The predicted molar refractivity (Wildman–Crippen MR) is 58.5 cm³/mol. The first-order valence-electron chi connectivity index (χ1n) is 4.68. The molecule has 4 heteroatoms. The zero-order valence-corrected chi connectivity index (χ0v) is 8.26. The number of non-ortho nitro benzene ring substituents is 1. The Hall–Kier alpha value is -2.23. The molecule has 0 heterocycles. The number of nitro benzene ring substituents is 1. The standard InChI is InChI=1S/C12H8FNO2/c13-12-7-2-1-6-11(12)9-4-3-5-10(8-9)14(15)16/h1-8H. The van der Waals surface area contributed by atoms with Crippen LogP contribution in [0, 0.1) is 15.9 Å². The van der Waals surface area contributed by atoms with Crippen molar-refractivity contribution in [3.8, 4) is 11.1 Å². The molecule has 0 bridgehead atoms. The molecule has 0 saturated heterocycles. The van der Waals surface area contributed by atoms with E-state index < -0.39 is 4.92 Å². The Labute approximate surface area is 91.3 Å². The zero-order chi connectivity index (χ0) is 11.5. The van der Waals surface area contributed by atoms with Crippen molar-refractivity contribution >= 4 is 5.69 Å². The van der Waals surface area contributed by atoms with Crippen molar-refractivity contribution in [1.82, 2.24) is 0 Å². The van der Waals surface area contributed by atoms with Crippen LogP contribution < -0.4 is 0 Å². The molecule has 0 aliphatic rings. The molecule has 0 N–H and O–H groups in total. The fourth-order valence-electron chi connectivity index (χ4n) is 1.48. The Morgan fingerprint density at radius 2 is 1.81 bits per heavy atom. The highest BCUT2D eigenvalue weighted by molar-refractivity contribution is 5.66. The molecule has 2 rings (SSSR count). The largest absolute Gasteiger partial charge is 0.270 e. The number of hydrogen-bond acceptors (Lipinski definition) is 2. The van der Waals surface area contributed by atoms with Crippen molar-refractivity contribution < 1.29 is 9.31 Å². The lowest BCUT2D eigenvalue weighted by Crippen LogP contribution is -1.89. The summed E-state index contributed by atoms with van der Waals surface area (Å²) >= 11 is 0. The van der Waals surface area contributed by atoms with Crippen LogP contribution in [0.25, 0.3) is 11.1 Å². The van der Waals surface area contributed by atoms with Crippen LogP contribution in [-0.2, 0) is 0 Å². The second-order valence-electron chi connectivity index (χ2n) is 3.29. The van der Waals surface area contributed by atoms with Gasteiger partial charge in [0.05, 0.1) is 4.92 Å². The molecule has 0 saturated carbocycles. The normalized spacial score (nSPS) is 10.1. The number of benzene rings is 2. The Kier molecular flexibility index (Phi) is 2.64. The van der Waals surface area contributed by atoms with E-state index >= 15 is 0 Å². The first-order valence-corrected chi connectivity index (χ1v) is 4.68. The average Bonchev–Trinajstić information content (AvgIpc) is 2.30. The summed E-state index contributed by atoms with van der Waals surface area (Å²) in [5.74, 6) is -0.386. The highest BCUT2D eigenvalue weighted by atomic mass is 19.1. The third-order valence-electron chi connectivity index (χ3n) is 2.24. The van der Waals surface area contributed by atoms with Gasteiger partial charge in [-0.3, -0.25) is 10.1 Å². The van der Waals surface area contributed by atoms with E-state index in [0.29, 0.717) is 11.1 Å². The molecular weight excluding hydrogens is 209 g/mol. The number of rotatable bonds is 2. The van der Waals surface area contributed by atoms with E-state index in [-0.39, 0.29) is 11.5 Å². The van der Waals surface area contributed by atoms with Gasteiger partial charge in [0, 0.05) is 17.7 Å². The maximum Gasteiger partial charge on any atom is 0.270 e. The second kappa shape index (κ2) is 4.10. The van der Waals surface area contributed by atoms with E-state index in [1.807, 2.05) is 0 Å². The van der Waals surface area contributed by atoms with Crippen LogP contribution in [0.1, 0.15) is 0 Å². The SMILES string of the molecule is O=[N+]([O-])c1cccc(-c2ccccc2F)c1. The van der Waals surface area contributed by atoms with Crippen molar-refractivity contribution in [3.05, 3.63) is 64.5 Å². The van der Waals surface area contributed by atoms with Crippen LogP contribution in [0.5, 0.6) is 0 Å². The molecule has 0 aromatic heterocycles. The first-order chi connectivity index (χ1) is 7.68. The molecule has 0 radical (unpaired) electrons. The summed E-state index contributed by atoms with van der Waals surface area (Å²) in [6, 6.07) is 12.1. The van der Waals surface area contributed by atoms with Gasteiger partial charge in [-0.25, -0.2) is 4.39 Å². The van der Waals surface area contributed by atoms with Gasteiger partial charge in [0.2, 0.25) is 0 Å². The molecule has 0 fully saturated rings. The van der Waals surface area contributed by atoms with E-state index in [1.54, 1.807) is 30.3 Å². The summed E-state index contributed by atoms with van der Waals surface area (Å²) in [4.78, 5) is 10.1. The molecule has 0 unspecified atom stereocenters. The maximum atomic E-state index is 13.4. The topological polar surface area (TPSA) is 43.1 Å². The summed E-state index contributed by atoms with van der Waals surface area (Å²) in [7, 11) is 0. The van der Waals surface area contributed by atoms with Crippen molar-refractivity contribution in [2.75, 3.05) is 0 Å². The summed E-state index contributed by atoms with van der Waals surface area (Å²) in [5, 5.41) is 10.6. The van der Waals surface area contributed by atoms with Gasteiger partial charge in [-0.2, -0.15) is 0 Å². The summed E-state index contributed by atoms with van der Waals surface area (Å²) < 4.78 is 13.4. The maximum absolute atomic E-state index is 13.4. The van der Waals surface area contributed by atoms with Crippen molar-refractivity contribution in [3.63, 3.8) is 0 Å². The van der Waals surface area contributed by atoms with Gasteiger partial charge in [-0.1, -0.05) is 30.3 Å². The minimum atomic E-state index is -0.496. The van der Waals surface area contributed by atoms with E-state index in [0.717, 1.165) is 0 Å². The highest BCUT2D eigenvalue weighted by Crippen LogP contribution is 2.25. The fraction of sp³-hybridized carbons (Fsp3) is 0. The van der Waals surface area contributed by atoms with Gasteiger partial charge < -0.3 is 0 Å². The van der Waals surface area contributed by atoms with E-state index in [4.69, 9.17) is 0 Å². The van der Waals surface area contributed by atoms with Crippen LogP contribution in [0.3, 0.4) is 0 Å². The lowest BCUT2D eigenvalue weighted by atomic mass is 10.0. The van der Waals surface area contributed by atoms with Gasteiger partial charge in [0.1, 0.15) is 5.82 Å². The van der Waals surface area contributed by atoms with Gasteiger partial charge >= 0.3 is 0 Å². The smallest absolute Gasteiger partial charge is 0.258 e. The van der Waals surface area contributed by atoms with Gasteiger partial charge in [0.15, 0.2) is 0 Å². The Morgan fingerprint density at radius 1 is 1.06 bits per heavy atom. The monoisotopic (exact) mass is 217 g/mol. The average molecular weight is 217 g/mol. The molecule has 80 valence electrons. The van der Waals surface area contributed by atoms with Crippen LogP contribution in [-0.4, -0.2) is 4.92 Å². The lowest BCUT2D eigenvalue weighted by molar-refractivity contribution is -0.384. The highest BCUT2D eigenvalue weighted by Gasteiger charge is 2.09. The van der Waals surface area contributed by atoms with Gasteiger partial charge in [-0.05, 0) is 11.6 Å². The number of halogens is 1. The van der Waals surface area contributed by atoms with Crippen LogP contribution in [0.2, 0.25) is 0 Å². The predicted octanol–water partition coefficient (Wildman–Crippen LogP) is 3.40. The molecule has 2 aromatic carbocycles. The van der Waals surface area contributed by atoms with Crippen LogP contribution in [0.15, 0.2) is 48.5 Å². The third kappa shape index (κ3) is 1.91. The van der Waals surface area contributed by atoms with Crippen molar-refractivity contribution in [2.24, 2.45) is 0 Å². The molecule has 0 aliphatic carbocycles. The Morgan fingerprint density at radius 3 is 2.50 bits per heavy atom. The second-order valence-corrected chi connectivity index (χ2v) is 3.29. The van der Waals surface area contributed by atoms with E-state index in [9.17, 15) is 14.5 Å². The minimum Gasteiger partial charge on any atom is -0.258 e.